The molecule has 0 saturated heterocycles. The van der Waals surface area contributed by atoms with Gasteiger partial charge in [0.25, 0.3) is 5.91 Å². The topological polar surface area (TPSA) is 46.3 Å². The van der Waals surface area contributed by atoms with Gasteiger partial charge in [-0.2, -0.15) is 0 Å². The fraction of sp³-hybridized carbons (Fsp3) is 0.154. The molecule has 0 fully saturated rings. The molecule has 0 bridgehead atoms. The second-order valence-electron chi connectivity index (χ2n) is 4.16. The summed E-state index contributed by atoms with van der Waals surface area (Å²) < 4.78 is 1.82. The van der Waals surface area contributed by atoms with E-state index in [1.165, 1.54) is 0 Å². The van der Waals surface area contributed by atoms with E-state index in [-0.39, 0.29) is 5.91 Å². The molecule has 100 valence electrons. The van der Waals surface area contributed by atoms with Gasteiger partial charge in [-0.05, 0) is 67.1 Å². The number of rotatable bonds is 3. The number of benzene rings is 1. The van der Waals surface area contributed by atoms with Crippen LogP contribution in [0.15, 0.2) is 37.9 Å². The monoisotopic (exact) mass is 402 g/mol. The maximum absolute atomic E-state index is 12.4. The summed E-state index contributed by atoms with van der Waals surface area (Å²) in [5.41, 5.74) is 7.99. The molecule has 3 nitrogen and oxygen atoms in total. The van der Waals surface area contributed by atoms with Crippen molar-refractivity contribution in [3.63, 3.8) is 0 Å². The van der Waals surface area contributed by atoms with Gasteiger partial charge >= 0.3 is 0 Å². The minimum Gasteiger partial charge on any atom is -0.399 e. The molecule has 2 rings (SSSR count). The van der Waals surface area contributed by atoms with Crippen LogP contribution in [0.25, 0.3) is 0 Å². The van der Waals surface area contributed by atoms with Crippen LogP contribution in [0, 0.1) is 0 Å². The number of halogens is 2. The van der Waals surface area contributed by atoms with Crippen LogP contribution in [0.2, 0.25) is 0 Å². The highest BCUT2D eigenvalue weighted by molar-refractivity contribution is 9.11. The molecule has 1 heterocycles. The predicted molar refractivity (Wildman–Crippen MR) is 86.4 cm³/mol. The molecule has 0 aliphatic carbocycles. The second-order valence-corrected chi connectivity index (χ2v) is 7.30. The maximum Gasteiger partial charge on any atom is 0.255 e. The molecular weight excluding hydrogens is 392 g/mol. The summed E-state index contributed by atoms with van der Waals surface area (Å²) in [5, 5.41) is 2.03. The number of hydrogen-bond acceptors (Lipinski definition) is 3. The Balaban J connectivity index is 2.16. The molecule has 0 spiro atoms. The van der Waals surface area contributed by atoms with Crippen molar-refractivity contribution >= 4 is 54.8 Å². The standard InChI is InChI=1S/C13H12Br2N2OS/c1-17(6-8-4-12(15)19-7-8)13(18)10-5-9(16)2-3-11(10)14/h2-5,7H,6,16H2,1H3. The van der Waals surface area contributed by atoms with Crippen molar-refractivity contribution in [1.82, 2.24) is 4.90 Å². The van der Waals surface area contributed by atoms with Crippen molar-refractivity contribution in [1.29, 1.82) is 0 Å². The Hall–Kier alpha value is -0.850. The van der Waals surface area contributed by atoms with Gasteiger partial charge in [0.15, 0.2) is 0 Å². The fourth-order valence-corrected chi connectivity index (χ4v) is 3.30. The maximum atomic E-state index is 12.4. The number of amides is 1. The largest absolute Gasteiger partial charge is 0.399 e. The molecule has 0 unspecified atom stereocenters. The summed E-state index contributed by atoms with van der Waals surface area (Å²) in [7, 11) is 1.78. The first kappa shape index (κ1) is 14.6. The van der Waals surface area contributed by atoms with E-state index < -0.39 is 0 Å². The highest BCUT2D eigenvalue weighted by Gasteiger charge is 2.15. The molecule has 0 radical (unpaired) electrons. The van der Waals surface area contributed by atoms with Crippen molar-refractivity contribution in [2.24, 2.45) is 0 Å². The van der Waals surface area contributed by atoms with Crippen LogP contribution in [0.1, 0.15) is 15.9 Å². The zero-order valence-corrected chi connectivity index (χ0v) is 14.2. The summed E-state index contributed by atoms with van der Waals surface area (Å²) in [6, 6.07) is 7.25. The second kappa shape index (κ2) is 6.07. The van der Waals surface area contributed by atoms with Gasteiger partial charge in [0.05, 0.1) is 9.35 Å². The molecular formula is C13H12Br2N2OS. The SMILES string of the molecule is CN(Cc1csc(Br)c1)C(=O)c1cc(N)ccc1Br. The van der Waals surface area contributed by atoms with Crippen LogP contribution in [-0.2, 0) is 6.54 Å². The van der Waals surface area contributed by atoms with Crippen LogP contribution in [0.5, 0.6) is 0 Å². The van der Waals surface area contributed by atoms with Crippen LogP contribution in [0.3, 0.4) is 0 Å². The summed E-state index contributed by atoms with van der Waals surface area (Å²) >= 11 is 8.41. The van der Waals surface area contributed by atoms with Gasteiger partial charge in [-0.1, -0.05) is 0 Å². The molecule has 0 aliphatic heterocycles. The Morgan fingerprint density at radius 3 is 2.74 bits per heavy atom. The van der Waals surface area contributed by atoms with Crippen molar-refractivity contribution in [3.05, 3.63) is 49.0 Å². The number of nitrogens with two attached hydrogens (primary N) is 1. The molecule has 0 atom stereocenters. The lowest BCUT2D eigenvalue weighted by molar-refractivity contribution is 0.0784. The van der Waals surface area contributed by atoms with E-state index >= 15 is 0 Å². The van der Waals surface area contributed by atoms with E-state index in [9.17, 15) is 4.79 Å². The predicted octanol–water partition coefficient (Wildman–Crippen LogP) is 4.13. The highest BCUT2D eigenvalue weighted by Crippen LogP contribution is 2.24. The molecule has 2 aromatic rings. The molecule has 0 aliphatic rings. The molecule has 1 aromatic carbocycles. The van der Waals surface area contributed by atoms with Gasteiger partial charge in [0.2, 0.25) is 0 Å². The average molecular weight is 404 g/mol. The first-order valence-electron chi connectivity index (χ1n) is 5.51. The number of thiophene rings is 1. The molecule has 0 saturated carbocycles. The average Bonchev–Trinajstić information content (AvgIpc) is 2.77. The third-order valence-corrected chi connectivity index (χ3v) is 4.85. The van der Waals surface area contributed by atoms with Crippen molar-refractivity contribution in [2.45, 2.75) is 6.54 Å². The van der Waals surface area contributed by atoms with E-state index in [2.05, 4.69) is 31.9 Å². The van der Waals surface area contributed by atoms with Crippen LogP contribution in [0.4, 0.5) is 5.69 Å². The van der Waals surface area contributed by atoms with Crippen molar-refractivity contribution < 1.29 is 4.79 Å². The van der Waals surface area contributed by atoms with Gasteiger partial charge in [-0.15, -0.1) is 11.3 Å². The van der Waals surface area contributed by atoms with Crippen LogP contribution < -0.4 is 5.73 Å². The van der Waals surface area contributed by atoms with Crippen molar-refractivity contribution in [2.75, 3.05) is 12.8 Å². The molecule has 6 heteroatoms. The van der Waals surface area contributed by atoms with E-state index in [1.807, 2.05) is 11.4 Å². The quantitative estimate of drug-likeness (QED) is 0.783. The normalized spacial score (nSPS) is 10.5. The first-order valence-corrected chi connectivity index (χ1v) is 7.97. The Morgan fingerprint density at radius 1 is 1.37 bits per heavy atom. The molecule has 2 N–H and O–H groups in total. The summed E-state index contributed by atoms with van der Waals surface area (Å²) in [5.74, 6) is -0.0542. The Labute approximate surface area is 132 Å². The highest BCUT2D eigenvalue weighted by atomic mass is 79.9. The lowest BCUT2D eigenvalue weighted by atomic mass is 10.1. The number of nitrogen functional groups attached to an aromatic ring is 1. The minimum atomic E-state index is -0.0542. The van der Waals surface area contributed by atoms with Gasteiger partial charge in [0.1, 0.15) is 0 Å². The summed E-state index contributed by atoms with van der Waals surface area (Å²) in [4.78, 5) is 14.0. The summed E-state index contributed by atoms with van der Waals surface area (Å²) in [6.07, 6.45) is 0. The van der Waals surface area contributed by atoms with Gasteiger partial charge in [-0.25, -0.2) is 0 Å². The number of hydrogen-bond donors (Lipinski definition) is 1. The van der Waals surface area contributed by atoms with Gasteiger partial charge in [0, 0.05) is 23.8 Å². The third-order valence-electron chi connectivity index (χ3n) is 2.61. The Bertz CT molecular complexity index is 612. The van der Waals surface area contributed by atoms with Gasteiger partial charge in [-0.3, -0.25) is 4.79 Å². The number of carbonyl (C=O) groups is 1. The minimum absolute atomic E-state index is 0.0542. The van der Waals surface area contributed by atoms with E-state index in [0.29, 0.717) is 17.8 Å². The Kier molecular flexibility index (Phi) is 4.65. The molecule has 1 amide bonds. The Morgan fingerprint density at radius 2 is 2.11 bits per heavy atom. The van der Waals surface area contributed by atoms with E-state index in [4.69, 9.17) is 5.73 Å². The molecule has 19 heavy (non-hydrogen) atoms. The lowest BCUT2D eigenvalue weighted by Crippen LogP contribution is -2.26. The molecule has 1 aromatic heterocycles. The fourth-order valence-electron chi connectivity index (χ4n) is 1.69. The van der Waals surface area contributed by atoms with E-state index in [1.54, 1.807) is 41.5 Å². The third kappa shape index (κ3) is 3.58. The number of anilines is 1. The zero-order chi connectivity index (χ0) is 14.0. The smallest absolute Gasteiger partial charge is 0.255 e. The number of nitrogens with zero attached hydrogens (tertiary/aromatic N) is 1. The first-order chi connectivity index (χ1) is 8.97. The van der Waals surface area contributed by atoms with E-state index in [0.717, 1.165) is 13.8 Å². The van der Waals surface area contributed by atoms with Crippen molar-refractivity contribution in [3.8, 4) is 0 Å². The zero-order valence-electron chi connectivity index (χ0n) is 10.2. The summed E-state index contributed by atoms with van der Waals surface area (Å²) in [6.45, 7) is 0.572. The number of carbonyl (C=O) groups excluding carboxylic acids is 1. The van der Waals surface area contributed by atoms with Gasteiger partial charge < -0.3 is 10.6 Å². The lowest BCUT2D eigenvalue weighted by Gasteiger charge is -2.17. The van der Waals surface area contributed by atoms with Crippen LogP contribution in [-0.4, -0.2) is 17.9 Å². The van der Waals surface area contributed by atoms with Crippen LogP contribution >= 0.6 is 43.2 Å².